The molecule has 0 atom stereocenters. The third kappa shape index (κ3) is 6.55. The summed E-state index contributed by atoms with van der Waals surface area (Å²) in [6.45, 7) is 2.70. The van der Waals surface area contributed by atoms with Crippen molar-refractivity contribution in [1.82, 2.24) is 4.31 Å². The second kappa shape index (κ2) is 12.0. The highest BCUT2D eigenvalue weighted by Gasteiger charge is 2.29. The van der Waals surface area contributed by atoms with Gasteiger partial charge in [-0.15, -0.1) is 0 Å². The molecule has 1 aliphatic rings. The number of nitrogens with one attached hydrogen (secondary N) is 1. The molecule has 0 saturated carbocycles. The molecule has 0 unspecified atom stereocenters. The van der Waals surface area contributed by atoms with E-state index in [1.807, 2.05) is 12.1 Å². The fourth-order valence-corrected chi connectivity index (χ4v) is 5.07. The van der Waals surface area contributed by atoms with E-state index in [0.29, 0.717) is 18.8 Å². The fraction of sp³-hybridized carbons (Fsp3) is 0.417. The number of aryl methyl sites for hydroxylation is 1. The molecule has 2 aromatic rings. The van der Waals surface area contributed by atoms with E-state index in [1.165, 1.54) is 29.6 Å². The number of nitrogens with zero attached hydrogens (tertiary/aromatic N) is 1. The molecule has 0 spiro atoms. The summed E-state index contributed by atoms with van der Waals surface area (Å²) in [4.78, 5) is 24.5. The summed E-state index contributed by atoms with van der Waals surface area (Å²) in [6.07, 6.45) is 3.11. The van der Waals surface area contributed by atoms with Crippen molar-refractivity contribution in [2.75, 3.05) is 45.3 Å². The van der Waals surface area contributed by atoms with Gasteiger partial charge in [-0.05, 0) is 48.7 Å². The predicted octanol–water partition coefficient (Wildman–Crippen LogP) is 2.85. The van der Waals surface area contributed by atoms with Crippen LogP contribution in [0.4, 0.5) is 5.69 Å². The summed E-state index contributed by atoms with van der Waals surface area (Å²) >= 11 is 0. The van der Waals surface area contributed by atoms with Crippen LogP contribution in [-0.4, -0.2) is 64.6 Å². The van der Waals surface area contributed by atoms with Gasteiger partial charge in [0.1, 0.15) is 10.6 Å². The van der Waals surface area contributed by atoms with Crippen molar-refractivity contribution >= 4 is 27.6 Å². The molecule has 1 heterocycles. The third-order valence-corrected chi connectivity index (χ3v) is 7.30. The minimum Gasteiger partial charge on any atom is -0.495 e. The normalized spacial score (nSPS) is 14.4. The van der Waals surface area contributed by atoms with Crippen LogP contribution in [0.3, 0.4) is 0 Å². The molecule has 1 amide bonds. The van der Waals surface area contributed by atoms with Gasteiger partial charge >= 0.3 is 5.97 Å². The minimum atomic E-state index is -3.84. The van der Waals surface area contributed by atoms with E-state index in [9.17, 15) is 18.0 Å². The van der Waals surface area contributed by atoms with Crippen LogP contribution < -0.4 is 10.1 Å². The van der Waals surface area contributed by atoms with Crippen molar-refractivity contribution in [3.05, 3.63) is 53.6 Å². The summed E-state index contributed by atoms with van der Waals surface area (Å²) in [5.41, 5.74) is 1.74. The summed E-state index contributed by atoms with van der Waals surface area (Å²) in [6, 6.07) is 11.4. The highest BCUT2D eigenvalue weighted by molar-refractivity contribution is 7.89. The second-order valence-corrected chi connectivity index (χ2v) is 9.71. The van der Waals surface area contributed by atoms with E-state index >= 15 is 0 Å². The molecule has 3 rings (SSSR count). The van der Waals surface area contributed by atoms with Gasteiger partial charge in [0.25, 0.3) is 5.91 Å². The summed E-state index contributed by atoms with van der Waals surface area (Å²) in [5, 5.41) is 2.57. The molecular weight excluding hydrogens is 460 g/mol. The fourth-order valence-electron chi connectivity index (χ4n) is 3.48. The molecule has 0 bridgehead atoms. The molecule has 2 aromatic carbocycles. The number of hydrogen-bond donors (Lipinski definition) is 1. The Labute approximate surface area is 200 Å². The Morgan fingerprint density at radius 2 is 1.79 bits per heavy atom. The lowest BCUT2D eigenvalue weighted by Gasteiger charge is -2.26. The number of methoxy groups -OCH3 is 1. The topological polar surface area (TPSA) is 111 Å². The number of benzene rings is 2. The highest BCUT2D eigenvalue weighted by Crippen LogP contribution is 2.30. The van der Waals surface area contributed by atoms with Gasteiger partial charge in [0.2, 0.25) is 10.0 Å². The first kappa shape index (κ1) is 25.7. The van der Waals surface area contributed by atoms with Gasteiger partial charge in [0, 0.05) is 18.8 Å². The zero-order chi connectivity index (χ0) is 24.6. The maximum atomic E-state index is 13.1. The number of amides is 1. The van der Waals surface area contributed by atoms with Crippen LogP contribution in [-0.2, 0) is 30.7 Å². The first-order valence-corrected chi connectivity index (χ1v) is 12.6. The lowest BCUT2D eigenvalue weighted by Crippen LogP contribution is -2.40. The Kier molecular flexibility index (Phi) is 9.03. The maximum Gasteiger partial charge on any atom is 0.338 e. The van der Waals surface area contributed by atoms with E-state index in [4.69, 9.17) is 14.2 Å². The van der Waals surface area contributed by atoms with E-state index in [1.54, 1.807) is 12.1 Å². The van der Waals surface area contributed by atoms with Crippen molar-refractivity contribution in [2.24, 2.45) is 0 Å². The van der Waals surface area contributed by atoms with E-state index in [-0.39, 0.29) is 29.4 Å². The Morgan fingerprint density at radius 1 is 1.09 bits per heavy atom. The van der Waals surface area contributed by atoms with E-state index in [0.717, 1.165) is 24.8 Å². The Bertz CT molecular complexity index is 1090. The van der Waals surface area contributed by atoms with Crippen molar-refractivity contribution in [3.63, 3.8) is 0 Å². The first-order chi connectivity index (χ1) is 16.3. The highest BCUT2D eigenvalue weighted by atomic mass is 32.2. The molecule has 0 radical (unpaired) electrons. The monoisotopic (exact) mass is 490 g/mol. The van der Waals surface area contributed by atoms with Crippen LogP contribution in [0, 0.1) is 0 Å². The van der Waals surface area contributed by atoms with Crippen molar-refractivity contribution < 1.29 is 32.2 Å². The quantitative estimate of drug-likeness (QED) is 0.510. The van der Waals surface area contributed by atoms with Crippen LogP contribution in [0.25, 0.3) is 0 Å². The zero-order valence-electron chi connectivity index (χ0n) is 19.4. The number of sulfonamides is 1. The van der Waals surface area contributed by atoms with Gasteiger partial charge in [-0.1, -0.05) is 25.5 Å². The van der Waals surface area contributed by atoms with Gasteiger partial charge in [-0.25, -0.2) is 13.2 Å². The SMILES string of the molecule is CCCCc1ccc(C(=O)OCC(=O)Nc2ccc(OC)c(S(=O)(=O)N3CCOCC3)c2)cc1. The number of anilines is 1. The molecule has 0 aromatic heterocycles. The lowest BCUT2D eigenvalue weighted by molar-refractivity contribution is -0.119. The molecule has 1 fully saturated rings. The maximum absolute atomic E-state index is 13.1. The largest absolute Gasteiger partial charge is 0.495 e. The number of morpholine rings is 1. The standard InChI is InChI=1S/C24H30N2O7S/c1-3-4-5-18-6-8-19(9-7-18)24(28)33-17-23(27)25-20-10-11-21(31-2)22(16-20)34(29,30)26-12-14-32-15-13-26/h6-11,16H,3-5,12-15,17H2,1-2H3,(H,25,27). The summed E-state index contributed by atoms with van der Waals surface area (Å²) in [5.74, 6) is -1.03. The van der Waals surface area contributed by atoms with Crippen LogP contribution in [0.15, 0.2) is 47.4 Å². The van der Waals surface area contributed by atoms with Crippen molar-refractivity contribution in [3.8, 4) is 5.75 Å². The number of esters is 1. The Balaban J connectivity index is 1.62. The molecule has 184 valence electrons. The Morgan fingerprint density at radius 3 is 2.44 bits per heavy atom. The zero-order valence-corrected chi connectivity index (χ0v) is 20.2. The number of unbranched alkanes of at least 4 members (excludes halogenated alkanes) is 1. The van der Waals surface area contributed by atoms with Gasteiger partial charge in [0.15, 0.2) is 6.61 Å². The molecule has 1 saturated heterocycles. The molecule has 0 aliphatic carbocycles. The number of rotatable bonds is 10. The van der Waals surface area contributed by atoms with Crippen LogP contribution >= 0.6 is 0 Å². The molecular formula is C24H30N2O7S. The van der Waals surface area contributed by atoms with Crippen molar-refractivity contribution in [1.29, 1.82) is 0 Å². The molecule has 1 aliphatic heterocycles. The van der Waals surface area contributed by atoms with Crippen LogP contribution in [0.1, 0.15) is 35.7 Å². The smallest absolute Gasteiger partial charge is 0.338 e. The van der Waals surface area contributed by atoms with Gasteiger partial charge in [-0.3, -0.25) is 4.79 Å². The summed E-state index contributed by atoms with van der Waals surface area (Å²) in [7, 11) is -2.47. The number of hydrogen-bond acceptors (Lipinski definition) is 7. The van der Waals surface area contributed by atoms with Crippen LogP contribution in [0.2, 0.25) is 0 Å². The number of carbonyl (C=O) groups is 2. The summed E-state index contributed by atoms with van der Waals surface area (Å²) < 4.78 is 43.0. The molecule has 1 N–H and O–H groups in total. The van der Waals surface area contributed by atoms with E-state index in [2.05, 4.69) is 12.2 Å². The first-order valence-electron chi connectivity index (χ1n) is 11.2. The van der Waals surface area contributed by atoms with Gasteiger partial charge in [-0.2, -0.15) is 4.31 Å². The van der Waals surface area contributed by atoms with Gasteiger partial charge in [0.05, 0.1) is 25.9 Å². The number of carbonyl (C=O) groups excluding carboxylic acids is 2. The average Bonchev–Trinajstić information content (AvgIpc) is 2.86. The molecule has 10 heteroatoms. The predicted molar refractivity (Wildman–Crippen MR) is 127 cm³/mol. The Hall–Kier alpha value is -2.95. The second-order valence-electron chi connectivity index (χ2n) is 7.81. The number of ether oxygens (including phenoxy) is 3. The molecule has 9 nitrogen and oxygen atoms in total. The third-order valence-electron chi connectivity index (χ3n) is 5.38. The van der Waals surface area contributed by atoms with Gasteiger partial charge < -0.3 is 19.5 Å². The van der Waals surface area contributed by atoms with E-state index < -0.39 is 28.5 Å². The molecule has 34 heavy (non-hydrogen) atoms. The van der Waals surface area contributed by atoms with Crippen LogP contribution in [0.5, 0.6) is 5.75 Å². The average molecular weight is 491 g/mol. The lowest BCUT2D eigenvalue weighted by atomic mass is 10.1. The van der Waals surface area contributed by atoms with Crippen molar-refractivity contribution in [2.45, 2.75) is 31.1 Å². The minimum absolute atomic E-state index is 0.0603.